The molecular formula is C22H15N3O5. The quantitative estimate of drug-likeness (QED) is 0.444. The van der Waals surface area contributed by atoms with E-state index in [-0.39, 0.29) is 28.6 Å². The summed E-state index contributed by atoms with van der Waals surface area (Å²) in [5, 5.41) is 37.9. The van der Waals surface area contributed by atoms with Gasteiger partial charge in [-0.3, -0.25) is 14.2 Å². The van der Waals surface area contributed by atoms with E-state index in [9.17, 15) is 24.9 Å². The average Bonchev–Trinajstić information content (AvgIpc) is 3.03. The molecule has 4 aromatic rings. The molecule has 0 saturated heterocycles. The third-order valence-electron chi connectivity index (χ3n) is 4.55. The molecule has 0 radical (unpaired) electrons. The molecule has 1 aromatic heterocycles. The molecule has 8 nitrogen and oxygen atoms in total. The highest BCUT2D eigenvalue weighted by atomic mass is 16.3. The molecule has 2 amide bonds. The van der Waals surface area contributed by atoms with Crippen LogP contribution in [-0.4, -0.2) is 31.7 Å². The summed E-state index contributed by atoms with van der Waals surface area (Å²) in [6, 6.07) is 18.2. The minimum atomic E-state index is -0.722. The molecule has 0 bridgehead atoms. The van der Waals surface area contributed by atoms with Crippen molar-refractivity contribution in [1.82, 2.24) is 4.57 Å². The number of hydrogen-bond donors (Lipinski definition) is 3. The molecule has 0 saturated carbocycles. The Hall–Kier alpha value is -4.46. The highest BCUT2D eigenvalue weighted by Crippen LogP contribution is 2.38. The zero-order valence-corrected chi connectivity index (χ0v) is 15.4. The second-order valence-corrected chi connectivity index (χ2v) is 6.43. The van der Waals surface area contributed by atoms with Gasteiger partial charge >= 0.3 is 0 Å². The standard InChI is InChI=1S/C22H15N3O5/c26-16-11-7-14(8-12-16)20(28)24-23-19(27)13-5-9-15(10-6-13)25-21(29)17-3-1-2-4-18(17)22(25)30/h1-12,26,29-30H. The van der Waals surface area contributed by atoms with Crippen molar-refractivity contribution < 1.29 is 24.9 Å². The summed E-state index contributed by atoms with van der Waals surface area (Å²) in [5.74, 6) is -1.68. The third-order valence-corrected chi connectivity index (χ3v) is 4.55. The second-order valence-electron chi connectivity index (χ2n) is 6.43. The first-order valence-corrected chi connectivity index (χ1v) is 8.87. The molecule has 0 spiro atoms. The van der Waals surface area contributed by atoms with E-state index in [1.807, 2.05) is 0 Å². The Labute approximate surface area is 170 Å². The summed E-state index contributed by atoms with van der Waals surface area (Å²) in [4.78, 5) is 24.1. The van der Waals surface area contributed by atoms with Crippen molar-refractivity contribution in [1.29, 1.82) is 0 Å². The first-order chi connectivity index (χ1) is 14.5. The number of rotatable bonds is 3. The molecule has 3 aromatic carbocycles. The summed E-state index contributed by atoms with van der Waals surface area (Å²) in [6.45, 7) is 0. The summed E-state index contributed by atoms with van der Waals surface area (Å²) < 4.78 is 1.26. The molecule has 148 valence electrons. The number of carbonyl (C=O) groups excluding carboxylic acids is 2. The summed E-state index contributed by atoms with van der Waals surface area (Å²) in [6.07, 6.45) is 0. The van der Waals surface area contributed by atoms with Gasteiger partial charge in [-0.15, -0.1) is 10.2 Å². The lowest BCUT2D eigenvalue weighted by Crippen LogP contribution is -1.99. The van der Waals surface area contributed by atoms with E-state index in [0.717, 1.165) is 0 Å². The molecule has 0 atom stereocenters. The zero-order chi connectivity index (χ0) is 21.3. The first-order valence-electron chi connectivity index (χ1n) is 8.87. The lowest BCUT2D eigenvalue weighted by molar-refractivity contribution is 0.0947. The van der Waals surface area contributed by atoms with Gasteiger partial charge < -0.3 is 15.3 Å². The number of phenols is 1. The summed E-state index contributed by atoms with van der Waals surface area (Å²) in [7, 11) is 0. The van der Waals surface area contributed by atoms with Gasteiger partial charge in [-0.05, 0) is 60.7 Å². The Bertz CT molecular complexity index is 1250. The SMILES string of the molecule is O=C(N=NC(=O)c1ccc(-n2c(O)c3ccccc3c2O)cc1)c1ccc(O)cc1. The number of azo groups is 1. The number of amides is 2. The minimum absolute atomic E-state index is 0.00677. The van der Waals surface area contributed by atoms with Gasteiger partial charge in [-0.25, -0.2) is 0 Å². The highest BCUT2D eigenvalue weighted by Gasteiger charge is 2.17. The molecule has 0 unspecified atom stereocenters. The van der Waals surface area contributed by atoms with Crippen molar-refractivity contribution >= 4 is 22.6 Å². The van der Waals surface area contributed by atoms with Crippen LogP contribution < -0.4 is 0 Å². The van der Waals surface area contributed by atoms with Crippen molar-refractivity contribution in [2.24, 2.45) is 10.2 Å². The molecular weight excluding hydrogens is 386 g/mol. The number of phenolic OH excluding ortho intramolecular Hbond substituents is 1. The van der Waals surface area contributed by atoms with E-state index in [0.29, 0.717) is 16.5 Å². The number of nitrogens with zero attached hydrogens (tertiary/aromatic N) is 3. The number of benzene rings is 3. The Morgan fingerprint density at radius 1 is 0.633 bits per heavy atom. The van der Waals surface area contributed by atoms with Crippen LogP contribution in [0.25, 0.3) is 16.5 Å². The van der Waals surface area contributed by atoms with Crippen molar-refractivity contribution in [3.63, 3.8) is 0 Å². The molecule has 8 heteroatoms. The number of aromatic hydroxyl groups is 3. The van der Waals surface area contributed by atoms with Crippen molar-refractivity contribution in [2.45, 2.75) is 0 Å². The Morgan fingerprint density at radius 2 is 1.07 bits per heavy atom. The fourth-order valence-corrected chi connectivity index (χ4v) is 3.02. The van der Waals surface area contributed by atoms with Gasteiger partial charge in [0, 0.05) is 21.9 Å². The topological polar surface area (TPSA) is 124 Å². The lowest BCUT2D eigenvalue weighted by Gasteiger charge is -2.07. The molecule has 30 heavy (non-hydrogen) atoms. The maximum absolute atomic E-state index is 12.2. The van der Waals surface area contributed by atoms with E-state index in [4.69, 9.17) is 0 Å². The van der Waals surface area contributed by atoms with E-state index >= 15 is 0 Å². The maximum atomic E-state index is 12.2. The molecule has 1 heterocycles. The van der Waals surface area contributed by atoms with Crippen LogP contribution in [0.15, 0.2) is 83.0 Å². The highest BCUT2D eigenvalue weighted by molar-refractivity contribution is 5.99. The van der Waals surface area contributed by atoms with Crippen LogP contribution in [0.4, 0.5) is 0 Å². The summed E-state index contributed by atoms with van der Waals surface area (Å²) >= 11 is 0. The number of carbonyl (C=O) groups is 2. The van der Waals surface area contributed by atoms with Crippen LogP contribution in [0.1, 0.15) is 20.7 Å². The van der Waals surface area contributed by atoms with E-state index in [1.54, 1.807) is 24.3 Å². The molecule has 0 aliphatic carbocycles. The van der Waals surface area contributed by atoms with Crippen LogP contribution in [0, 0.1) is 0 Å². The number of fused-ring (bicyclic) bond motifs is 1. The van der Waals surface area contributed by atoms with Gasteiger partial charge in [-0.1, -0.05) is 12.1 Å². The van der Waals surface area contributed by atoms with Gasteiger partial charge in [0.15, 0.2) is 0 Å². The van der Waals surface area contributed by atoms with Crippen molar-refractivity contribution in [3.8, 4) is 23.2 Å². The second kappa shape index (κ2) is 7.51. The fraction of sp³-hybridized carbons (Fsp3) is 0. The average molecular weight is 401 g/mol. The van der Waals surface area contributed by atoms with E-state index in [2.05, 4.69) is 10.2 Å². The fourth-order valence-electron chi connectivity index (χ4n) is 3.02. The maximum Gasteiger partial charge on any atom is 0.295 e. The molecule has 0 aliphatic heterocycles. The smallest absolute Gasteiger partial charge is 0.295 e. The van der Waals surface area contributed by atoms with Crippen LogP contribution in [0.2, 0.25) is 0 Å². The van der Waals surface area contributed by atoms with Gasteiger partial charge in [-0.2, -0.15) is 0 Å². The van der Waals surface area contributed by atoms with Gasteiger partial charge in [0.1, 0.15) is 5.75 Å². The van der Waals surface area contributed by atoms with Crippen LogP contribution in [0.5, 0.6) is 17.5 Å². The summed E-state index contributed by atoms with van der Waals surface area (Å²) in [5.41, 5.74) is 0.803. The first kappa shape index (κ1) is 18.9. The largest absolute Gasteiger partial charge is 0.508 e. The Balaban J connectivity index is 1.56. The van der Waals surface area contributed by atoms with Gasteiger partial charge in [0.05, 0.1) is 5.69 Å². The third kappa shape index (κ3) is 3.37. The van der Waals surface area contributed by atoms with Gasteiger partial charge in [0.2, 0.25) is 11.8 Å². The number of hydrogen-bond acceptors (Lipinski definition) is 5. The van der Waals surface area contributed by atoms with Crippen molar-refractivity contribution in [3.05, 3.63) is 83.9 Å². The normalized spacial score (nSPS) is 11.2. The molecule has 3 N–H and O–H groups in total. The van der Waals surface area contributed by atoms with E-state index in [1.165, 1.54) is 53.1 Å². The number of aromatic nitrogens is 1. The van der Waals surface area contributed by atoms with E-state index < -0.39 is 11.8 Å². The molecule has 0 fully saturated rings. The van der Waals surface area contributed by atoms with Gasteiger partial charge in [0.25, 0.3) is 11.8 Å². The minimum Gasteiger partial charge on any atom is -0.508 e. The Morgan fingerprint density at radius 3 is 1.53 bits per heavy atom. The molecule has 4 rings (SSSR count). The van der Waals surface area contributed by atoms with Crippen molar-refractivity contribution in [2.75, 3.05) is 0 Å². The molecule has 0 aliphatic rings. The predicted molar refractivity (Wildman–Crippen MR) is 108 cm³/mol. The lowest BCUT2D eigenvalue weighted by atomic mass is 10.2. The monoisotopic (exact) mass is 401 g/mol. The predicted octanol–water partition coefficient (Wildman–Crippen LogP) is 4.18. The Kier molecular flexibility index (Phi) is 4.73. The van der Waals surface area contributed by atoms with Crippen LogP contribution in [0.3, 0.4) is 0 Å². The van der Waals surface area contributed by atoms with Crippen LogP contribution in [-0.2, 0) is 0 Å². The zero-order valence-electron chi connectivity index (χ0n) is 15.4. The van der Waals surface area contributed by atoms with Crippen LogP contribution >= 0.6 is 0 Å².